The maximum atomic E-state index is 12.1. The third kappa shape index (κ3) is 5.97. The zero-order chi connectivity index (χ0) is 14.8. The number of aliphatic hydroxyl groups excluding tert-OH is 1. The molecule has 0 aliphatic rings. The number of sulfonamides is 1. The van der Waals surface area contributed by atoms with Gasteiger partial charge >= 0.3 is 0 Å². The fourth-order valence-corrected chi connectivity index (χ4v) is 3.02. The molecular weight excluding hydrogens is 294 g/mol. The molecule has 0 bridgehead atoms. The molecule has 0 heterocycles. The molecule has 2 N–H and O–H groups in total. The third-order valence-corrected chi connectivity index (χ3v) is 4.59. The second kappa shape index (κ2) is 9.03. The number of rotatable bonds is 7. The van der Waals surface area contributed by atoms with E-state index < -0.39 is 10.0 Å². The first kappa shape index (κ1) is 17.1. The monoisotopic (exact) mass is 313 g/mol. The molecule has 1 aromatic rings. The summed E-state index contributed by atoms with van der Waals surface area (Å²) in [5.41, 5.74) is 0.630. The fourth-order valence-electron chi connectivity index (χ4n) is 1.47. The summed E-state index contributed by atoms with van der Waals surface area (Å²) in [5, 5.41) is 8.66. The Morgan fingerprint density at radius 1 is 1.40 bits per heavy atom. The predicted octanol–water partition coefficient (Wildman–Crippen LogP) is 1.45. The van der Waals surface area contributed by atoms with E-state index in [9.17, 15) is 8.42 Å². The van der Waals surface area contributed by atoms with Crippen LogP contribution in [0.3, 0.4) is 0 Å². The molecule has 6 heteroatoms. The van der Waals surface area contributed by atoms with Crippen LogP contribution in [0, 0.1) is 11.8 Å². The lowest BCUT2D eigenvalue weighted by molar-refractivity contribution is 0.305. The van der Waals surface area contributed by atoms with Crippen molar-refractivity contribution in [1.29, 1.82) is 0 Å². The molecule has 0 radical (unpaired) electrons. The lowest BCUT2D eigenvalue weighted by Crippen LogP contribution is -2.25. The van der Waals surface area contributed by atoms with Crippen LogP contribution in [-0.4, -0.2) is 38.7 Å². The van der Waals surface area contributed by atoms with Crippen molar-refractivity contribution in [2.75, 3.05) is 25.2 Å². The highest BCUT2D eigenvalue weighted by Gasteiger charge is 2.12. The molecule has 1 rings (SSSR count). The predicted molar refractivity (Wildman–Crippen MR) is 83.2 cm³/mol. The van der Waals surface area contributed by atoms with Crippen molar-refractivity contribution in [2.24, 2.45) is 0 Å². The topological polar surface area (TPSA) is 66.4 Å². The molecule has 0 saturated carbocycles. The van der Waals surface area contributed by atoms with E-state index in [0.717, 1.165) is 12.2 Å². The zero-order valence-corrected chi connectivity index (χ0v) is 13.1. The molecule has 1 aromatic carbocycles. The first-order valence-electron chi connectivity index (χ1n) is 6.28. The molecule has 0 aliphatic carbocycles. The first-order valence-corrected chi connectivity index (χ1v) is 9.16. The molecular formula is C14H19NO3S2. The Balaban J connectivity index is 2.75. The average Bonchev–Trinajstić information content (AvgIpc) is 2.44. The smallest absolute Gasteiger partial charge is 0.240 e. The largest absolute Gasteiger partial charge is 0.395 e. The number of aliphatic hydroxyl groups is 1. The van der Waals surface area contributed by atoms with Crippen LogP contribution < -0.4 is 4.72 Å². The molecule has 110 valence electrons. The van der Waals surface area contributed by atoms with Crippen LogP contribution in [0.25, 0.3) is 0 Å². The van der Waals surface area contributed by atoms with Gasteiger partial charge in [0.05, 0.1) is 11.5 Å². The zero-order valence-electron chi connectivity index (χ0n) is 11.4. The van der Waals surface area contributed by atoms with Gasteiger partial charge < -0.3 is 5.11 Å². The Bertz CT molecular complexity index is 574. The SMILES string of the molecule is CSCCCNS(=O)(=O)c1cccc(C#CCCO)c1. The first-order chi connectivity index (χ1) is 9.60. The number of hydrogen-bond donors (Lipinski definition) is 2. The lowest BCUT2D eigenvalue weighted by atomic mass is 10.2. The van der Waals surface area contributed by atoms with Crippen LogP contribution in [-0.2, 0) is 10.0 Å². The number of thioether (sulfide) groups is 1. The fraction of sp³-hybridized carbons (Fsp3) is 0.429. The summed E-state index contributed by atoms with van der Waals surface area (Å²) in [5.74, 6) is 6.53. The highest BCUT2D eigenvalue weighted by atomic mass is 32.2. The maximum absolute atomic E-state index is 12.1. The lowest BCUT2D eigenvalue weighted by Gasteiger charge is -2.06. The second-order valence-corrected chi connectivity index (χ2v) is 6.80. The Hall–Kier alpha value is -1.00. The minimum atomic E-state index is -3.47. The second-order valence-electron chi connectivity index (χ2n) is 4.05. The van der Waals surface area contributed by atoms with Crippen molar-refractivity contribution in [2.45, 2.75) is 17.7 Å². The van der Waals surface area contributed by atoms with Gasteiger partial charge in [0.2, 0.25) is 10.0 Å². The molecule has 0 saturated heterocycles. The molecule has 0 amide bonds. The molecule has 0 aromatic heterocycles. The van der Waals surface area contributed by atoms with E-state index in [0.29, 0.717) is 18.5 Å². The highest BCUT2D eigenvalue weighted by Crippen LogP contribution is 2.11. The summed E-state index contributed by atoms with van der Waals surface area (Å²) in [7, 11) is -3.47. The van der Waals surface area contributed by atoms with Crippen molar-refractivity contribution < 1.29 is 13.5 Å². The quantitative estimate of drug-likeness (QED) is 0.591. The number of benzene rings is 1. The van der Waals surface area contributed by atoms with Crippen molar-refractivity contribution >= 4 is 21.8 Å². The Morgan fingerprint density at radius 2 is 2.20 bits per heavy atom. The average molecular weight is 313 g/mol. The molecule has 0 fully saturated rings. The van der Waals surface area contributed by atoms with E-state index in [1.54, 1.807) is 36.0 Å². The van der Waals surface area contributed by atoms with Gasteiger partial charge in [-0.3, -0.25) is 0 Å². The summed E-state index contributed by atoms with van der Waals surface area (Å²) in [6, 6.07) is 6.51. The molecule has 0 unspecified atom stereocenters. The standard InChI is InChI=1S/C14H19NO3S2/c1-19-11-5-9-15-20(17,18)14-8-4-7-13(12-14)6-2-3-10-16/h4,7-8,12,15-16H,3,5,9-11H2,1H3. The molecule has 0 spiro atoms. The Morgan fingerprint density at radius 3 is 2.90 bits per heavy atom. The highest BCUT2D eigenvalue weighted by molar-refractivity contribution is 7.98. The summed E-state index contributed by atoms with van der Waals surface area (Å²) < 4.78 is 26.7. The van der Waals surface area contributed by atoms with Gasteiger partial charge in [0.1, 0.15) is 0 Å². The Labute approximate surface area is 125 Å². The van der Waals surface area contributed by atoms with Gasteiger partial charge in [-0.05, 0) is 36.6 Å². The van der Waals surface area contributed by atoms with Gasteiger partial charge in [0.25, 0.3) is 0 Å². The minimum absolute atomic E-state index is 0.00197. The van der Waals surface area contributed by atoms with Gasteiger partial charge in [-0.1, -0.05) is 17.9 Å². The van der Waals surface area contributed by atoms with Crippen molar-refractivity contribution in [3.05, 3.63) is 29.8 Å². The van der Waals surface area contributed by atoms with Crippen molar-refractivity contribution in [1.82, 2.24) is 4.72 Å². The van der Waals surface area contributed by atoms with E-state index >= 15 is 0 Å². The molecule has 0 aliphatic heterocycles. The molecule has 0 atom stereocenters. The van der Waals surface area contributed by atoms with Gasteiger partial charge in [0.15, 0.2) is 0 Å². The molecule has 4 nitrogen and oxygen atoms in total. The van der Waals surface area contributed by atoms with Gasteiger partial charge in [-0.15, -0.1) is 0 Å². The van der Waals surface area contributed by atoms with Gasteiger partial charge in [-0.2, -0.15) is 11.8 Å². The summed E-state index contributed by atoms with van der Waals surface area (Å²) in [4.78, 5) is 0.220. The molecule has 20 heavy (non-hydrogen) atoms. The summed E-state index contributed by atoms with van der Waals surface area (Å²) >= 11 is 1.69. The van der Waals surface area contributed by atoms with E-state index in [1.165, 1.54) is 0 Å². The van der Waals surface area contributed by atoms with Crippen LogP contribution in [0.4, 0.5) is 0 Å². The number of hydrogen-bond acceptors (Lipinski definition) is 4. The normalized spacial score (nSPS) is 10.9. The summed E-state index contributed by atoms with van der Waals surface area (Å²) in [6.45, 7) is 0.436. The van der Waals surface area contributed by atoms with Crippen LogP contribution in [0.1, 0.15) is 18.4 Å². The van der Waals surface area contributed by atoms with E-state index in [-0.39, 0.29) is 11.5 Å². The van der Waals surface area contributed by atoms with Crippen molar-refractivity contribution in [3.63, 3.8) is 0 Å². The van der Waals surface area contributed by atoms with Gasteiger partial charge in [-0.25, -0.2) is 13.1 Å². The Kier molecular flexibility index (Phi) is 7.70. The van der Waals surface area contributed by atoms with Crippen LogP contribution in [0.5, 0.6) is 0 Å². The third-order valence-electron chi connectivity index (χ3n) is 2.43. The summed E-state index contributed by atoms with van der Waals surface area (Å²) in [6.07, 6.45) is 3.17. The van der Waals surface area contributed by atoms with E-state index in [4.69, 9.17) is 5.11 Å². The van der Waals surface area contributed by atoms with Crippen molar-refractivity contribution in [3.8, 4) is 11.8 Å². The van der Waals surface area contributed by atoms with Gasteiger partial charge in [0, 0.05) is 18.5 Å². The maximum Gasteiger partial charge on any atom is 0.240 e. The van der Waals surface area contributed by atoms with E-state index in [1.807, 2.05) is 6.26 Å². The van der Waals surface area contributed by atoms with Crippen LogP contribution in [0.15, 0.2) is 29.2 Å². The van der Waals surface area contributed by atoms with Crippen LogP contribution >= 0.6 is 11.8 Å². The van der Waals surface area contributed by atoms with E-state index in [2.05, 4.69) is 16.6 Å². The minimum Gasteiger partial charge on any atom is -0.395 e. The number of nitrogens with one attached hydrogen (secondary N) is 1. The van der Waals surface area contributed by atoms with Crippen LogP contribution in [0.2, 0.25) is 0 Å².